The number of carbonyl (C=O) groups excluding carboxylic acids is 2. The van der Waals surface area contributed by atoms with Crippen LogP contribution in [0.15, 0.2) is 48.5 Å². The average Bonchev–Trinajstić information content (AvgIpc) is 3.12. The van der Waals surface area contributed by atoms with Crippen molar-refractivity contribution in [3.63, 3.8) is 0 Å². The van der Waals surface area contributed by atoms with Crippen LogP contribution in [0.2, 0.25) is 0 Å². The van der Waals surface area contributed by atoms with Gasteiger partial charge in [-0.3, -0.25) is 9.59 Å². The van der Waals surface area contributed by atoms with Gasteiger partial charge in [0.2, 0.25) is 5.91 Å². The number of benzene rings is 2. The van der Waals surface area contributed by atoms with Crippen LogP contribution in [0.4, 0.5) is 4.79 Å². The minimum absolute atomic E-state index is 0.00181. The van der Waals surface area contributed by atoms with Crippen molar-refractivity contribution < 1.29 is 29.0 Å². The summed E-state index contributed by atoms with van der Waals surface area (Å²) in [6, 6.07) is 16.1. The van der Waals surface area contributed by atoms with Gasteiger partial charge in [-0.2, -0.15) is 0 Å². The Labute approximate surface area is 193 Å². The highest BCUT2D eigenvalue weighted by molar-refractivity contribution is 5.79. The molecule has 8 heteroatoms. The minimum Gasteiger partial charge on any atom is -0.481 e. The lowest BCUT2D eigenvalue weighted by molar-refractivity contribution is -0.138. The summed E-state index contributed by atoms with van der Waals surface area (Å²) in [6.45, 7) is 2.75. The van der Waals surface area contributed by atoms with E-state index >= 15 is 0 Å². The molecule has 1 aliphatic rings. The lowest BCUT2D eigenvalue weighted by Gasteiger charge is -2.17. The summed E-state index contributed by atoms with van der Waals surface area (Å²) in [5, 5.41) is 14.0. The molecule has 2 aromatic rings. The van der Waals surface area contributed by atoms with Crippen molar-refractivity contribution in [3.05, 3.63) is 59.7 Å². The van der Waals surface area contributed by atoms with Crippen LogP contribution in [0.3, 0.4) is 0 Å². The second kappa shape index (κ2) is 12.0. The van der Waals surface area contributed by atoms with Gasteiger partial charge in [-0.25, -0.2) is 4.79 Å². The van der Waals surface area contributed by atoms with Gasteiger partial charge in [-0.1, -0.05) is 48.5 Å². The molecule has 33 heavy (non-hydrogen) atoms. The molecule has 176 valence electrons. The standard InChI is InChI=1S/C25H30N2O6/c1-17(10-11-23(28)26-13-15-32-14-12-24(29)30)27-25(31)33-16-22-20-8-4-2-6-18(20)19-7-3-5-9-21(19)22/h2-9,17,22H,10-16H2,1H3,(H,26,28)(H,27,31)(H,29,30). The van der Waals surface area contributed by atoms with Crippen molar-refractivity contribution in [2.24, 2.45) is 0 Å². The summed E-state index contributed by atoms with van der Waals surface area (Å²) in [5.74, 6) is -1.07. The summed E-state index contributed by atoms with van der Waals surface area (Å²) >= 11 is 0. The van der Waals surface area contributed by atoms with Crippen molar-refractivity contribution in [1.82, 2.24) is 10.6 Å². The molecule has 3 rings (SSSR count). The number of ether oxygens (including phenoxy) is 2. The molecule has 0 heterocycles. The highest BCUT2D eigenvalue weighted by Crippen LogP contribution is 2.44. The molecule has 0 radical (unpaired) electrons. The zero-order chi connectivity index (χ0) is 23.6. The molecule has 1 atom stereocenters. The molecule has 0 fully saturated rings. The Kier molecular flexibility index (Phi) is 8.83. The van der Waals surface area contributed by atoms with Crippen LogP contribution in [-0.4, -0.2) is 55.5 Å². The minimum atomic E-state index is -0.920. The number of carboxylic acids is 1. The van der Waals surface area contributed by atoms with Crippen molar-refractivity contribution in [2.75, 3.05) is 26.4 Å². The third kappa shape index (κ3) is 7.05. The predicted molar refractivity (Wildman–Crippen MR) is 123 cm³/mol. The van der Waals surface area contributed by atoms with E-state index in [9.17, 15) is 14.4 Å². The number of aliphatic carboxylic acids is 1. The lowest BCUT2D eigenvalue weighted by atomic mass is 9.98. The first-order valence-electron chi connectivity index (χ1n) is 11.1. The molecular formula is C25H30N2O6. The van der Waals surface area contributed by atoms with Gasteiger partial charge in [0, 0.05) is 24.9 Å². The lowest BCUT2D eigenvalue weighted by Crippen LogP contribution is -2.35. The van der Waals surface area contributed by atoms with E-state index in [4.69, 9.17) is 14.6 Å². The number of hydrogen-bond acceptors (Lipinski definition) is 5. The number of alkyl carbamates (subject to hydrolysis) is 1. The summed E-state index contributed by atoms with van der Waals surface area (Å²) in [6.07, 6.45) is 0.152. The van der Waals surface area contributed by atoms with E-state index in [-0.39, 0.29) is 50.5 Å². The Balaban J connectivity index is 1.36. The van der Waals surface area contributed by atoms with Gasteiger partial charge >= 0.3 is 12.1 Å². The predicted octanol–water partition coefficient (Wildman–Crippen LogP) is 3.30. The number of hydrogen-bond donors (Lipinski definition) is 3. The Morgan fingerprint density at radius 2 is 1.61 bits per heavy atom. The Hall–Kier alpha value is -3.39. The van der Waals surface area contributed by atoms with Crippen LogP contribution in [0, 0.1) is 0 Å². The van der Waals surface area contributed by atoms with E-state index in [2.05, 4.69) is 34.9 Å². The molecule has 0 saturated carbocycles. The van der Waals surface area contributed by atoms with Crippen molar-refractivity contribution in [3.8, 4) is 11.1 Å². The maximum absolute atomic E-state index is 12.3. The van der Waals surface area contributed by atoms with Crippen molar-refractivity contribution in [1.29, 1.82) is 0 Å². The van der Waals surface area contributed by atoms with E-state index in [1.165, 1.54) is 11.1 Å². The molecule has 2 aromatic carbocycles. The topological polar surface area (TPSA) is 114 Å². The zero-order valence-corrected chi connectivity index (χ0v) is 18.7. The zero-order valence-electron chi connectivity index (χ0n) is 18.7. The number of fused-ring (bicyclic) bond motifs is 3. The maximum Gasteiger partial charge on any atom is 0.407 e. The smallest absolute Gasteiger partial charge is 0.407 e. The molecule has 0 aliphatic heterocycles. The SMILES string of the molecule is CC(CCC(=O)NCCOCCC(=O)O)NC(=O)OCC1c2ccccc2-c2ccccc21. The third-order valence-corrected chi connectivity index (χ3v) is 5.54. The van der Waals surface area contributed by atoms with E-state index in [0.29, 0.717) is 13.0 Å². The first-order chi connectivity index (χ1) is 16.0. The summed E-state index contributed by atoms with van der Waals surface area (Å²) in [5.41, 5.74) is 4.66. The van der Waals surface area contributed by atoms with E-state index in [1.54, 1.807) is 0 Å². The second-order valence-corrected chi connectivity index (χ2v) is 8.02. The van der Waals surface area contributed by atoms with Crippen LogP contribution >= 0.6 is 0 Å². The monoisotopic (exact) mass is 454 g/mol. The molecular weight excluding hydrogens is 424 g/mol. The molecule has 0 spiro atoms. The summed E-state index contributed by atoms with van der Waals surface area (Å²) in [7, 11) is 0. The molecule has 1 aliphatic carbocycles. The van der Waals surface area contributed by atoms with Gasteiger partial charge in [0.1, 0.15) is 6.61 Å². The van der Waals surface area contributed by atoms with E-state index < -0.39 is 12.1 Å². The first-order valence-corrected chi connectivity index (χ1v) is 11.1. The highest BCUT2D eigenvalue weighted by Gasteiger charge is 2.29. The van der Waals surface area contributed by atoms with Crippen LogP contribution in [0.1, 0.15) is 43.2 Å². The molecule has 0 bridgehead atoms. The van der Waals surface area contributed by atoms with Gasteiger partial charge in [0.05, 0.1) is 19.6 Å². The van der Waals surface area contributed by atoms with E-state index in [1.807, 2.05) is 31.2 Å². The van der Waals surface area contributed by atoms with Crippen LogP contribution in [-0.2, 0) is 19.1 Å². The van der Waals surface area contributed by atoms with Crippen LogP contribution in [0.25, 0.3) is 11.1 Å². The molecule has 0 saturated heterocycles. The molecule has 3 N–H and O–H groups in total. The first kappa shape index (κ1) is 24.3. The Morgan fingerprint density at radius 1 is 0.970 bits per heavy atom. The largest absolute Gasteiger partial charge is 0.481 e. The van der Waals surface area contributed by atoms with Crippen molar-refractivity contribution >= 4 is 18.0 Å². The van der Waals surface area contributed by atoms with Gasteiger partial charge in [-0.15, -0.1) is 0 Å². The van der Waals surface area contributed by atoms with Crippen LogP contribution in [0.5, 0.6) is 0 Å². The Morgan fingerprint density at radius 3 is 2.24 bits per heavy atom. The molecule has 1 unspecified atom stereocenters. The quantitative estimate of drug-likeness (QED) is 0.424. The molecule has 2 amide bonds. The number of nitrogens with one attached hydrogen (secondary N) is 2. The van der Waals surface area contributed by atoms with Gasteiger partial charge < -0.3 is 25.2 Å². The number of carbonyl (C=O) groups is 3. The van der Waals surface area contributed by atoms with Gasteiger partial charge in [0.15, 0.2) is 0 Å². The van der Waals surface area contributed by atoms with Crippen molar-refractivity contribution in [2.45, 2.75) is 38.1 Å². The normalized spacial score (nSPS) is 13.0. The highest BCUT2D eigenvalue weighted by atomic mass is 16.5. The maximum atomic E-state index is 12.3. The van der Waals surface area contributed by atoms with Gasteiger partial charge in [0.25, 0.3) is 0 Å². The van der Waals surface area contributed by atoms with Gasteiger partial charge in [-0.05, 0) is 35.6 Å². The molecule has 0 aromatic heterocycles. The van der Waals surface area contributed by atoms with Crippen LogP contribution < -0.4 is 10.6 Å². The summed E-state index contributed by atoms with van der Waals surface area (Å²) < 4.78 is 10.6. The summed E-state index contributed by atoms with van der Waals surface area (Å²) in [4.78, 5) is 34.6. The average molecular weight is 455 g/mol. The number of carboxylic acid groups (broad SMARTS) is 1. The van der Waals surface area contributed by atoms with E-state index in [0.717, 1.165) is 11.1 Å². The fourth-order valence-electron chi connectivity index (χ4n) is 3.87. The number of amides is 2. The Bertz CT molecular complexity index is 931. The second-order valence-electron chi connectivity index (χ2n) is 8.02. The fraction of sp³-hybridized carbons (Fsp3) is 0.400. The molecule has 8 nitrogen and oxygen atoms in total. The number of rotatable bonds is 12. The fourth-order valence-corrected chi connectivity index (χ4v) is 3.87. The third-order valence-electron chi connectivity index (χ3n) is 5.54.